The van der Waals surface area contributed by atoms with Gasteiger partial charge in [0.25, 0.3) is 5.56 Å². The van der Waals surface area contributed by atoms with E-state index in [2.05, 4.69) is 32.3 Å². The van der Waals surface area contributed by atoms with Crippen LogP contribution < -0.4 is 15.8 Å². The summed E-state index contributed by atoms with van der Waals surface area (Å²) in [5.74, 6) is -0.559. The maximum Gasteiger partial charge on any atom is 0.311 e. The van der Waals surface area contributed by atoms with Crippen LogP contribution in [0.1, 0.15) is 19.0 Å². The second-order valence-electron chi connectivity index (χ2n) is 8.45. The number of rotatable bonds is 9. The van der Waals surface area contributed by atoms with Crippen LogP contribution in [0, 0.1) is 0 Å². The van der Waals surface area contributed by atoms with Gasteiger partial charge in [-0.15, -0.1) is 0 Å². The molecule has 0 unspecified atom stereocenters. The molecule has 1 fully saturated rings. The van der Waals surface area contributed by atoms with Crippen LogP contribution >= 0.6 is 0 Å². The first kappa shape index (κ1) is 24.4. The first-order chi connectivity index (χ1) is 17.0. The minimum Gasteiger partial charge on any atom is -0.466 e. The van der Waals surface area contributed by atoms with Crippen LogP contribution in [0.25, 0.3) is 10.8 Å². The molecule has 1 amide bonds. The van der Waals surface area contributed by atoms with Gasteiger partial charge in [-0.3, -0.25) is 19.3 Å². The van der Waals surface area contributed by atoms with Gasteiger partial charge in [0.1, 0.15) is 6.67 Å². The number of amides is 1. The van der Waals surface area contributed by atoms with E-state index in [0.29, 0.717) is 29.4 Å². The van der Waals surface area contributed by atoms with Crippen LogP contribution in [-0.2, 0) is 27.4 Å². The number of hydrogen-bond acceptors (Lipinski definition) is 7. The standard InChI is InChI=1S/C26H31N5O4/c1-2-35-25(33)18-23-21-10-6-7-11-22(21)26(34)31(28-23)19-27-24(32)12-13-29-14-16-30(17-15-29)20-8-4-3-5-9-20/h3-11H,2,12-19H2,1H3,(H,27,32). The molecule has 3 aromatic rings. The molecule has 0 spiro atoms. The van der Waals surface area contributed by atoms with Crippen molar-refractivity contribution in [1.82, 2.24) is 20.0 Å². The van der Waals surface area contributed by atoms with Gasteiger partial charge in [-0.1, -0.05) is 36.4 Å². The summed E-state index contributed by atoms with van der Waals surface area (Å²) < 4.78 is 6.24. The molecule has 1 saturated heterocycles. The summed E-state index contributed by atoms with van der Waals surface area (Å²) in [7, 11) is 0. The largest absolute Gasteiger partial charge is 0.466 e. The molecule has 9 nitrogen and oxygen atoms in total. The number of aromatic nitrogens is 2. The van der Waals surface area contributed by atoms with E-state index < -0.39 is 5.97 Å². The van der Waals surface area contributed by atoms with Gasteiger partial charge in [0.05, 0.1) is 24.1 Å². The van der Waals surface area contributed by atoms with Crippen LogP contribution in [0.15, 0.2) is 59.4 Å². The molecule has 1 aliphatic heterocycles. The summed E-state index contributed by atoms with van der Waals surface area (Å²) in [6, 6.07) is 17.3. The minimum absolute atomic E-state index is 0.0441. The molecule has 1 N–H and O–H groups in total. The quantitative estimate of drug-likeness (QED) is 0.470. The van der Waals surface area contributed by atoms with Crippen molar-refractivity contribution in [2.45, 2.75) is 26.4 Å². The molecule has 0 bridgehead atoms. The average molecular weight is 478 g/mol. The van der Waals surface area contributed by atoms with Crippen LogP contribution in [0.2, 0.25) is 0 Å². The monoisotopic (exact) mass is 477 g/mol. The molecule has 184 valence electrons. The number of fused-ring (bicyclic) bond motifs is 1. The highest BCUT2D eigenvalue weighted by Crippen LogP contribution is 2.16. The van der Waals surface area contributed by atoms with Gasteiger partial charge >= 0.3 is 5.97 Å². The highest BCUT2D eigenvalue weighted by molar-refractivity contribution is 5.87. The van der Waals surface area contributed by atoms with E-state index in [9.17, 15) is 14.4 Å². The fourth-order valence-electron chi connectivity index (χ4n) is 4.27. The zero-order chi connectivity index (χ0) is 24.6. The van der Waals surface area contributed by atoms with Gasteiger partial charge in [0.2, 0.25) is 5.91 Å². The molecule has 0 saturated carbocycles. The molecular weight excluding hydrogens is 446 g/mol. The smallest absolute Gasteiger partial charge is 0.311 e. The third kappa shape index (κ3) is 6.24. The number of esters is 1. The second kappa shape index (κ2) is 11.6. The molecule has 35 heavy (non-hydrogen) atoms. The second-order valence-corrected chi connectivity index (χ2v) is 8.45. The Morgan fingerprint density at radius 1 is 0.971 bits per heavy atom. The number of ether oxygens (including phenoxy) is 1. The fourth-order valence-corrected chi connectivity index (χ4v) is 4.27. The lowest BCUT2D eigenvalue weighted by atomic mass is 10.1. The van der Waals surface area contributed by atoms with E-state index in [-0.39, 0.29) is 31.2 Å². The zero-order valence-electron chi connectivity index (χ0n) is 20.0. The molecule has 2 heterocycles. The molecule has 9 heteroatoms. The Morgan fingerprint density at radius 2 is 1.66 bits per heavy atom. The van der Waals surface area contributed by atoms with Crippen molar-refractivity contribution in [2.24, 2.45) is 0 Å². The number of para-hydroxylation sites is 1. The van der Waals surface area contributed by atoms with Gasteiger partial charge in [-0.05, 0) is 25.1 Å². The van der Waals surface area contributed by atoms with Gasteiger partial charge in [-0.25, -0.2) is 4.68 Å². The highest BCUT2D eigenvalue weighted by atomic mass is 16.5. The number of anilines is 1. The number of piperazine rings is 1. The summed E-state index contributed by atoms with van der Waals surface area (Å²) in [6.07, 6.45) is 0.293. The maximum atomic E-state index is 12.9. The van der Waals surface area contributed by atoms with Crippen molar-refractivity contribution in [2.75, 3.05) is 44.2 Å². The number of benzene rings is 2. The summed E-state index contributed by atoms with van der Waals surface area (Å²) in [4.78, 5) is 42.0. The number of nitrogens with zero attached hydrogens (tertiary/aromatic N) is 4. The fraction of sp³-hybridized carbons (Fsp3) is 0.385. The molecule has 0 radical (unpaired) electrons. The summed E-state index contributed by atoms with van der Waals surface area (Å²) in [6.45, 7) is 6.24. The summed E-state index contributed by atoms with van der Waals surface area (Å²) in [5, 5.41) is 8.21. The number of carbonyl (C=O) groups excluding carboxylic acids is 2. The first-order valence-electron chi connectivity index (χ1n) is 12.0. The van der Waals surface area contributed by atoms with Gasteiger partial charge in [0.15, 0.2) is 0 Å². The van der Waals surface area contributed by atoms with E-state index in [1.165, 1.54) is 10.4 Å². The lowest BCUT2D eigenvalue weighted by molar-refractivity contribution is -0.142. The molecule has 1 aliphatic rings. The molecule has 0 atom stereocenters. The normalized spacial score (nSPS) is 14.1. The summed E-state index contributed by atoms with van der Waals surface area (Å²) in [5.41, 5.74) is 1.36. The van der Waals surface area contributed by atoms with E-state index in [1.54, 1.807) is 31.2 Å². The first-order valence-corrected chi connectivity index (χ1v) is 12.0. The van der Waals surface area contributed by atoms with Crippen molar-refractivity contribution in [3.05, 3.63) is 70.6 Å². The Bertz CT molecular complexity index is 1220. The SMILES string of the molecule is CCOC(=O)Cc1nn(CNC(=O)CCN2CCN(c3ccccc3)CC2)c(=O)c2ccccc12. The molecule has 4 rings (SSSR count). The molecule has 2 aromatic carbocycles. The number of carbonyl (C=O) groups is 2. The minimum atomic E-state index is -0.410. The Hall–Kier alpha value is -3.72. The number of hydrogen-bond donors (Lipinski definition) is 1. The zero-order valence-corrected chi connectivity index (χ0v) is 20.0. The Kier molecular flexibility index (Phi) is 8.10. The average Bonchev–Trinajstić information content (AvgIpc) is 2.89. The van der Waals surface area contributed by atoms with Crippen LogP contribution in [0.3, 0.4) is 0 Å². The molecule has 1 aromatic heterocycles. The van der Waals surface area contributed by atoms with Crippen LogP contribution in [0.4, 0.5) is 5.69 Å². The third-order valence-electron chi connectivity index (χ3n) is 6.14. The Morgan fingerprint density at radius 3 is 2.37 bits per heavy atom. The van der Waals surface area contributed by atoms with Crippen molar-refractivity contribution < 1.29 is 14.3 Å². The molecule has 0 aliphatic carbocycles. The van der Waals surface area contributed by atoms with Crippen molar-refractivity contribution >= 4 is 28.3 Å². The van der Waals surface area contributed by atoms with Gasteiger partial charge in [-0.2, -0.15) is 5.10 Å². The Labute approximate surface area is 204 Å². The van der Waals surface area contributed by atoms with Crippen LogP contribution in [-0.4, -0.2) is 65.9 Å². The lowest BCUT2D eigenvalue weighted by Gasteiger charge is -2.36. The summed E-state index contributed by atoms with van der Waals surface area (Å²) >= 11 is 0. The van der Waals surface area contributed by atoms with Crippen LogP contribution in [0.5, 0.6) is 0 Å². The predicted octanol–water partition coefficient (Wildman–Crippen LogP) is 1.79. The van der Waals surface area contributed by atoms with Crippen molar-refractivity contribution in [3.8, 4) is 0 Å². The number of nitrogens with one attached hydrogen (secondary N) is 1. The van der Waals surface area contributed by atoms with E-state index in [1.807, 2.05) is 18.2 Å². The van der Waals surface area contributed by atoms with Gasteiger partial charge < -0.3 is 15.0 Å². The van der Waals surface area contributed by atoms with E-state index >= 15 is 0 Å². The topological polar surface area (TPSA) is 96.8 Å². The van der Waals surface area contributed by atoms with Crippen molar-refractivity contribution in [3.63, 3.8) is 0 Å². The third-order valence-corrected chi connectivity index (χ3v) is 6.14. The molecular formula is C26H31N5O4. The highest BCUT2D eigenvalue weighted by Gasteiger charge is 2.18. The van der Waals surface area contributed by atoms with E-state index in [4.69, 9.17) is 4.74 Å². The maximum absolute atomic E-state index is 12.9. The van der Waals surface area contributed by atoms with Crippen molar-refractivity contribution in [1.29, 1.82) is 0 Å². The van der Waals surface area contributed by atoms with E-state index in [0.717, 1.165) is 26.2 Å². The lowest BCUT2D eigenvalue weighted by Crippen LogP contribution is -2.47. The van der Waals surface area contributed by atoms with Gasteiger partial charge in [0, 0.05) is 50.2 Å². The predicted molar refractivity (Wildman–Crippen MR) is 134 cm³/mol. The Balaban J connectivity index is 1.32.